The van der Waals surface area contributed by atoms with Gasteiger partial charge in [-0.3, -0.25) is 9.59 Å². The van der Waals surface area contributed by atoms with Crippen LogP contribution in [-0.4, -0.2) is 46.9 Å². The lowest BCUT2D eigenvalue weighted by Crippen LogP contribution is -2.46. The third-order valence-electron chi connectivity index (χ3n) is 11.5. The minimum absolute atomic E-state index is 0.0717. The van der Waals surface area contributed by atoms with Crippen LogP contribution >= 0.6 is 0 Å². The average molecular weight is 816 g/mol. The number of allylic oxidation sites excluding steroid dienone is 6. The van der Waals surface area contributed by atoms with Crippen molar-refractivity contribution in [3.8, 4) is 0 Å². The topological polar surface area (TPSA) is 95.9 Å². The lowest BCUT2D eigenvalue weighted by atomic mass is 10.0. The highest BCUT2D eigenvalue weighted by molar-refractivity contribution is 5.77. The molecule has 0 bridgehead atoms. The van der Waals surface area contributed by atoms with E-state index >= 15 is 0 Å². The number of unbranched alkanes of at least 4 members (excludes halogenated alkanes) is 27. The maximum absolute atomic E-state index is 13.2. The standard InChI is InChI=1S/C52H97NO5/c1-4-7-10-13-16-19-22-24-25-26-27-28-30-33-36-39-42-45-52(57)58-48(43-40-37-34-31-21-18-15-12-9-6-3)46-51(56)53-49(47-54)50(55)44-41-38-35-32-29-23-20-17-14-11-8-5-2/h16,19,24-25,27-28,48-50,54-55H,4-15,17-18,20-23,26,29-47H2,1-3H3,(H,53,56)/b19-16-,25-24-,28-27-. The van der Waals surface area contributed by atoms with Crippen LogP contribution in [0.4, 0.5) is 0 Å². The van der Waals surface area contributed by atoms with Gasteiger partial charge >= 0.3 is 5.97 Å². The Morgan fingerprint density at radius 1 is 0.500 bits per heavy atom. The van der Waals surface area contributed by atoms with Crippen LogP contribution in [0.15, 0.2) is 36.5 Å². The molecule has 6 heteroatoms. The summed E-state index contributed by atoms with van der Waals surface area (Å²) in [5.74, 6) is -0.492. The molecule has 0 heterocycles. The van der Waals surface area contributed by atoms with Gasteiger partial charge in [0, 0.05) is 6.42 Å². The first-order valence-corrected chi connectivity index (χ1v) is 25.2. The van der Waals surface area contributed by atoms with Crippen molar-refractivity contribution in [1.29, 1.82) is 0 Å². The number of ether oxygens (including phenoxy) is 1. The van der Waals surface area contributed by atoms with Gasteiger partial charge in [0.1, 0.15) is 6.10 Å². The summed E-state index contributed by atoms with van der Waals surface area (Å²) in [7, 11) is 0. The van der Waals surface area contributed by atoms with Crippen LogP contribution in [0.1, 0.15) is 258 Å². The van der Waals surface area contributed by atoms with Crippen LogP contribution in [0.25, 0.3) is 0 Å². The second kappa shape index (κ2) is 46.2. The molecule has 0 rings (SSSR count). The average Bonchev–Trinajstić information content (AvgIpc) is 3.22. The van der Waals surface area contributed by atoms with Crippen molar-refractivity contribution in [3.05, 3.63) is 36.5 Å². The highest BCUT2D eigenvalue weighted by Gasteiger charge is 2.24. The molecule has 6 nitrogen and oxygen atoms in total. The van der Waals surface area contributed by atoms with Gasteiger partial charge < -0.3 is 20.3 Å². The summed E-state index contributed by atoms with van der Waals surface area (Å²) in [4.78, 5) is 26.1. The number of rotatable bonds is 45. The summed E-state index contributed by atoms with van der Waals surface area (Å²) < 4.78 is 5.91. The molecule has 0 fully saturated rings. The van der Waals surface area contributed by atoms with E-state index in [1.54, 1.807) is 0 Å². The minimum atomic E-state index is -0.787. The van der Waals surface area contributed by atoms with Gasteiger partial charge in [0.25, 0.3) is 0 Å². The lowest BCUT2D eigenvalue weighted by molar-refractivity contribution is -0.151. The summed E-state index contributed by atoms with van der Waals surface area (Å²) in [6.07, 6.45) is 53.4. The molecule has 0 aliphatic heterocycles. The van der Waals surface area contributed by atoms with Gasteiger partial charge in [-0.2, -0.15) is 0 Å². The van der Waals surface area contributed by atoms with Crippen molar-refractivity contribution in [2.24, 2.45) is 0 Å². The predicted molar refractivity (Wildman–Crippen MR) is 250 cm³/mol. The van der Waals surface area contributed by atoms with Gasteiger partial charge in [-0.15, -0.1) is 0 Å². The molecule has 3 unspecified atom stereocenters. The van der Waals surface area contributed by atoms with Crippen molar-refractivity contribution in [3.63, 3.8) is 0 Å². The Hall–Kier alpha value is -1.92. The molecular formula is C52H97NO5. The molecule has 0 aromatic heterocycles. The van der Waals surface area contributed by atoms with Crippen molar-refractivity contribution in [2.45, 2.75) is 277 Å². The van der Waals surface area contributed by atoms with E-state index in [1.807, 2.05) is 0 Å². The molecule has 0 aromatic carbocycles. The van der Waals surface area contributed by atoms with Gasteiger partial charge in [-0.05, 0) is 64.2 Å². The largest absolute Gasteiger partial charge is 0.462 e. The molecule has 0 spiro atoms. The first-order valence-electron chi connectivity index (χ1n) is 25.2. The number of hydrogen-bond acceptors (Lipinski definition) is 5. The predicted octanol–water partition coefficient (Wildman–Crippen LogP) is 14.9. The van der Waals surface area contributed by atoms with Crippen LogP contribution in [0.2, 0.25) is 0 Å². The minimum Gasteiger partial charge on any atom is -0.462 e. The highest BCUT2D eigenvalue weighted by Crippen LogP contribution is 2.18. The molecule has 58 heavy (non-hydrogen) atoms. The summed E-state index contributed by atoms with van der Waals surface area (Å²) in [5, 5.41) is 23.7. The zero-order valence-corrected chi connectivity index (χ0v) is 38.7. The van der Waals surface area contributed by atoms with E-state index < -0.39 is 18.2 Å². The van der Waals surface area contributed by atoms with Crippen molar-refractivity contribution < 1.29 is 24.5 Å². The molecule has 1 amide bonds. The van der Waals surface area contributed by atoms with Crippen molar-refractivity contribution in [2.75, 3.05) is 6.61 Å². The molecule has 340 valence electrons. The first kappa shape index (κ1) is 56.1. The zero-order chi connectivity index (χ0) is 42.4. The normalized spacial score (nSPS) is 13.5. The molecular weight excluding hydrogens is 719 g/mol. The van der Waals surface area contributed by atoms with Crippen LogP contribution in [0.3, 0.4) is 0 Å². The molecule has 0 saturated heterocycles. The number of carbonyl (C=O) groups is 2. The van der Waals surface area contributed by atoms with Crippen molar-refractivity contribution >= 4 is 11.9 Å². The van der Waals surface area contributed by atoms with E-state index in [0.717, 1.165) is 77.0 Å². The summed E-state index contributed by atoms with van der Waals surface area (Å²) in [5.41, 5.74) is 0. The monoisotopic (exact) mass is 816 g/mol. The Kier molecular flexibility index (Phi) is 44.6. The number of nitrogens with one attached hydrogen (secondary N) is 1. The first-order chi connectivity index (χ1) is 28.5. The van der Waals surface area contributed by atoms with Crippen LogP contribution in [0, 0.1) is 0 Å². The van der Waals surface area contributed by atoms with Gasteiger partial charge in [0.05, 0.1) is 25.2 Å². The highest BCUT2D eigenvalue weighted by atomic mass is 16.5. The Bertz CT molecular complexity index is 961. The van der Waals surface area contributed by atoms with Gasteiger partial charge in [-0.1, -0.05) is 218 Å². The van der Waals surface area contributed by atoms with Gasteiger partial charge in [-0.25, -0.2) is 0 Å². The number of aliphatic hydroxyl groups excluding tert-OH is 2. The number of aliphatic hydroxyl groups is 2. The van der Waals surface area contributed by atoms with E-state index in [0.29, 0.717) is 19.3 Å². The van der Waals surface area contributed by atoms with E-state index in [4.69, 9.17) is 4.74 Å². The van der Waals surface area contributed by atoms with Crippen LogP contribution in [0.5, 0.6) is 0 Å². The summed E-state index contributed by atoms with van der Waals surface area (Å²) in [6.45, 7) is 6.44. The summed E-state index contributed by atoms with van der Waals surface area (Å²) in [6, 6.07) is -0.701. The second-order valence-electron chi connectivity index (χ2n) is 17.2. The van der Waals surface area contributed by atoms with Gasteiger partial charge in [0.2, 0.25) is 5.91 Å². The molecule has 0 aromatic rings. The maximum atomic E-state index is 13.2. The lowest BCUT2D eigenvalue weighted by Gasteiger charge is -2.24. The van der Waals surface area contributed by atoms with E-state index in [2.05, 4.69) is 62.5 Å². The summed E-state index contributed by atoms with van der Waals surface area (Å²) >= 11 is 0. The van der Waals surface area contributed by atoms with E-state index in [1.165, 1.54) is 135 Å². The Morgan fingerprint density at radius 2 is 0.879 bits per heavy atom. The Morgan fingerprint density at radius 3 is 1.36 bits per heavy atom. The number of esters is 1. The smallest absolute Gasteiger partial charge is 0.306 e. The van der Waals surface area contributed by atoms with Crippen LogP contribution in [-0.2, 0) is 14.3 Å². The number of carbonyl (C=O) groups excluding carboxylic acids is 2. The molecule has 0 aliphatic carbocycles. The molecule has 3 atom stereocenters. The van der Waals surface area contributed by atoms with E-state index in [-0.39, 0.29) is 24.9 Å². The Labute approximate surface area is 360 Å². The molecule has 0 radical (unpaired) electrons. The van der Waals surface area contributed by atoms with Crippen molar-refractivity contribution in [1.82, 2.24) is 5.32 Å². The fraction of sp³-hybridized carbons (Fsp3) is 0.846. The molecule has 3 N–H and O–H groups in total. The fourth-order valence-electron chi connectivity index (χ4n) is 7.61. The number of amides is 1. The second-order valence-corrected chi connectivity index (χ2v) is 17.2. The third kappa shape index (κ3) is 40.8. The third-order valence-corrected chi connectivity index (χ3v) is 11.5. The molecule has 0 aliphatic rings. The Balaban J connectivity index is 4.54. The van der Waals surface area contributed by atoms with Crippen LogP contribution < -0.4 is 5.32 Å². The maximum Gasteiger partial charge on any atom is 0.306 e. The molecule has 0 saturated carbocycles. The number of hydrogen-bond donors (Lipinski definition) is 3. The SMILES string of the molecule is CCCCC/C=C\C/C=C\C/C=C\CCCCCCC(=O)OC(CCCCCCCCCCCC)CC(=O)NC(CO)C(O)CCCCCCCCCCCCCC. The van der Waals surface area contributed by atoms with Gasteiger partial charge in [0.15, 0.2) is 0 Å². The van der Waals surface area contributed by atoms with E-state index in [9.17, 15) is 19.8 Å². The fourth-order valence-corrected chi connectivity index (χ4v) is 7.61. The quantitative estimate of drug-likeness (QED) is 0.0323. The zero-order valence-electron chi connectivity index (χ0n) is 38.7.